The van der Waals surface area contributed by atoms with Crippen molar-refractivity contribution in [3.05, 3.63) is 70.6 Å². The van der Waals surface area contributed by atoms with Crippen molar-refractivity contribution in [1.82, 2.24) is 5.32 Å². The lowest BCUT2D eigenvalue weighted by Gasteiger charge is -2.06. The molecule has 3 rings (SSSR count). The average molecular weight is 381 g/mol. The van der Waals surface area contributed by atoms with E-state index in [2.05, 4.69) is 17.4 Å². The highest BCUT2D eigenvalue weighted by atomic mass is 32.2. The topological polar surface area (TPSA) is 72.5 Å². The van der Waals surface area contributed by atoms with Crippen LogP contribution in [-0.2, 0) is 16.0 Å². The second-order valence-corrected chi connectivity index (χ2v) is 7.11. The van der Waals surface area contributed by atoms with Gasteiger partial charge in [0.15, 0.2) is 0 Å². The fourth-order valence-electron chi connectivity index (χ4n) is 2.67. The molecule has 0 saturated carbocycles. The third kappa shape index (κ3) is 5.82. The van der Waals surface area contributed by atoms with Gasteiger partial charge in [0.25, 0.3) is 11.1 Å². The largest absolute Gasteiger partial charge is 0.427 e. The number of carbonyl (C=O) groups excluding carboxylic acids is 3. The van der Waals surface area contributed by atoms with Crippen molar-refractivity contribution in [3.8, 4) is 5.75 Å². The SMILES string of the molecule is O=C(CCCCc1ccccc1)Oc1cccc(/C=C2\SC(=O)NC2=O)c1. The van der Waals surface area contributed by atoms with E-state index < -0.39 is 5.91 Å². The molecule has 1 N–H and O–H groups in total. The normalized spacial score (nSPS) is 15.0. The molecule has 1 heterocycles. The van der Waals surface area contributed by atoms with Gasteiger partial charge in [0.1, 0.15) is 5.75 Å². The number of hydrogen-bond donors (Lipinski definition) is 1. The molecule has 0 atom stereocenters. The number of aryl methyl sites for hydroxylation is 1. The quantitative estimate of drug-likeness (QED) is 0.334. The summed E-state index contributed by atoms with van der Waals surface area (Å²) in [6, 6.07) is 17.0. The van der Waals surface area contributed by atoms with E-state index >= 15 is 0 Å². The number of unbranched alkanes of at least 4 members (excludes halogenated alkanes) is 1. The van der Waals surface area contributed by atoms with Crippen LogP contribution in [0.5, 0.6) is 5.75 Å². The van der Waals surface area contributed by atoms with Crippen LogP contribution in [0.4, 0.5) is 4.79 Å². The van der Waals surface area contributed by atoms with E-state index in [-0.39, 0.29) is 11.2 Å². The van der Waals surface area contributed by atoms with Gasteiger partial charge in [-0.05, 0) is 60.4 Å². The summed E-state index contributed by atoms with van der Waals surface area (Å²) in [5.74, 6) is -0.269. The molecular weight excluding hydrogens is 362 g/mol. The van der Waals surface area contributed by atoms with E-state index in [1.54, 1.807) is 30.3 Å². The molecule has 0 unspecified atom stereocenters. The monoisotopic (exact) mass is 381 g/mol. The van der Waals surface area contributed by atoms with E-state index in [1.807, 2.05) is 18.2 Å². The summed E-state index contributed by atoms with van der Waals surface area (Å²) in [6.07, 6.45) is 4.57. The molecule has 138 valence electrons. The average Bonchev–Trinajstić information content (AvgIpc) is 2.97. The molecule has 1 aliphatic rings. The zero-order valence-electron chi connectivity index (χ0n) is 14.6. The lowest BCUT2D eigenvalue weighted by molar-refractivity contribution is -0.134. The molecule has 1 aliphatic heterocycles. The molecule has 6 heteroatoms. The number of ether oxygens (including phenoxy) is 1. The van der Waals surface area contributed by atoms with Crippen molar-refractivity contribution in [3.63, 3.8) is 0 Å². The number of nitrogens with one attached hydrogen (secondary N) is 1. The van der Waals surface area contributed by atoms with Crippen LogP contribution in [0.3, 0.4) is 0 Å². The van der Waals surface area contributed by atoms with Crippen LogP contribution < -0.4 is 10.1 Å². The highest BCUT2D eigenvalue weighted by Crippen LogP contribution is 2.26. The van der Waals surface area contributed by atoms with Gasteiger partial charge < -0.3 is 4.74 Å². The summed E-state index contributed by atoms with van der Waals surface area (Å²) in [4.78, 5) is 35.1. The lowest BCUT2D eigenvalue weighted by Crippen LogP contribution is -2.17. The number of benzene rings is 2. The lowest BCUT2D eigenvalue weighted by atomic mass is 10.1. The van der Waals surface area contributed by atoms with Crippen molar-refractivity contribution in [2.75, 3.05) is 0 Å². The number of amides is 2. The third-order valence-electron chi connectivity index (χ3n) is 3.97. The van der Waals surface area contributed by atoms with Crippen molar-refractivity contribution in [2.45, 2.75) is 25.7 Å². The minimum absolute atomic E-state index is 0.281. The maximum absolute atomic E-state index is 12.0. The van der Waals surface area contributed by atoms with Crippen LogP contribution in [0, 0.1) is 0 Å². The first kappa shape index (κ1) is 18.9. The summed E-state index contributed by atoms with van der Waals surface area (Å²) in [5, 5.41) is 1.82. The van der Waals surface area contributed by atoms with Crippen molar-refractivity contribution in [2.24, 2.45) is 0 Å². The van der Waals surface area contributed by atoms with Gasteiger partial charge in [-0.25, -0.2) is 0 Å². The van der Waals surface area contributed by atoms with E-state index in [0.717, 1.165) is 31.0 Å². The Hall–Kier alpha value is -2.86. The number of rotatable bonds is 7. The number of imide groups is 1. The summed E-state index contributed by atoms with van der Waals surface area (Å²) in [7, 11) is 0. The Bertz CT molecular complexity index is 877. The van der Waals surface area contributed by atoms with Crippen LogP contribution in [0.1, 0.15) is 30.4 Å². The molecule has 5 nitrogen and oxygen atoms in total. The maximum atomic E-state index is 12.0. The maximum Gasteiger partial charge on any atom is 0.311 e. The molecule has 0 bridgehead atoms. The second-order valence-electron chi connectivity index (χ2n) is 6.09. The van der Waals surface area contributed by atoms with Crippen LogP contribution in [0.25, 0.3) is 6.08 Å². The summed E-state index contributed by atoms with van der Waals surface area (Å²) in [5.41, 5.74) is 1.95. The Kier molecular flexibility index (Phi) is 6.44. The number of thioether (sulfide) groups is 1. The first-order chi connectivity index (χ1) is 13.1. The molecule has 0 aliphatic carbocycles. The van der Waals surface area contributed by atoms with Crippen LogP contribution in [-0.4, -0.2) is 17.1 Å². The van der Waals surface area contributed by atoms with Crippen molar-refractivity contribution >= 4 is 35.0 Å². The predicted octanol–water partition coefficient (Wildman–Crippen LogP) is 4.33. The van der Waals surface area contributed by atoms with Gasteiger partial charge in [0.05, 0.1) is 4.91 Å². The molecule has 0 aromatic heterocycles. The van der Waals surface area contributed by atoms with Gasteiger partial charge in [0, 0.05) is 6.42 Å². The fraction of sp³-hybridized carbons (Fsp3) is 0.190. The molecule has 27 heavy (non-hydrogen) atoms. The van der Waals surface area contributed by atoms with E-state index in [0.29, 0.717) is 22.6 Å². The second kappa shape index (κ2) is 9.19. The minimum Gasteiger partial charge on any atom is -0.427 e. The molecule has 1 fully saturated rings. The predicted molar refractivity (Wildman–Crippen MR) is 105 cm³/mol. The zero-order chi connectivity index (χ0) is 19.1. The highest BCUT2D eigenvalue weighted by molar-refractivity contribution is 8.18. The summed E-state index contributed by atoms with van der Waals surface area (Å²) in [6.45, 7) is 0. The van der Waals surface area contributed by atoms with Gasteiger partial charge in [-0.1, -0.05) is 42.5 Å². The van der Waals surface area contributed by atoms with Gasteiger partial charge in [-0.15, -0.1) is 0 Å². The van der Waals surface area contributed by atoms with Crippen LogP contribution in [0.2, 0.25) is 0 Å². The van der Waals surface area contributed by atoms with Gasteiger partial charge >= 0.3 is 5.97 Å². The Balaban J connectivity index is 1.49. The standard InChI is InChI=1S/C21H19NO4S/c23-19(12-5-4-9-15-7-2-1-3-8-15)26-17-11-6-10-16(13-17)14-18-20(24)22-21(25)27-18/h1-3,6-8,10-11,13-14H,4-5,9,12H2,(H,22,24,25)/b18-14-. The number of esters is 1. The molecule has 2 aromatic rings. The number of hydrogen-bond acceptors (Lipinski definition) is 5. The Morgan fingerprint density at radius 1 is 1.04 bits per heavy atom. The Morgan fingerprint density at radius 2 is 1.85 bits per heavy atom. The van der Waals surface area contributed by atoms with Crippen LogP contribution >= 0.6 is 11.8 Å². The van der Waals surface area contributed by atoms with Crippen LogP contribution in [0.15, 0.2) is 59.5 Å². The smallest absolute Gasteiger partial charge is 0.311 e. The third-order valence-corrected chi connectivity index (χ3v) is 4.78. The first-order valence-corrected chi connectivity index (χ1v) is 9.51. The summed E-state index contributed by atoms with van der Waals surface area (Å²) >= 11 is 0.854. The highest BCUT2D eigenvalue weighted by Gasteiger charge is 2.24. The van der Waals surface area contributed by atoms with Crippen molar-refractivity contribution < 1.29 is 19.1 Å². The molecule has 2 aromatic carbocycles. The zero-order valence-corrected chi connectivity index (χ0v) is 15.5. The van der Waals surface area contributed by atoms with E-state index in [1.165, 1.54) is 5.56 Å². The first-order valence-electron chi connectivity index (χ1n) is 8.70. The fourth-order valence-corrected chi connectivity index (χ4v) is 3.35. The van der Waals surface area contributed by atoms with Crippen molar-refractivity contribution in [1.29, 1.82) is 0 Å². The molecule has 2 amide bonds. The molecular formula is C21H19NO4S. The Morgan fingerprint density at radius 3 is 2.59 bits per heavy atom. The minimum atomic E-state index is -0.411. The van der Waals surface area contributed by atoms with Gasteiger partial charge in [-0.3, -0.25) is 19.7 Å². The van der Waals surface area contributed by atoms with Gasteiger partial charge in [0.2, 0.25) is 0 Å². The van der Waals surface area contributed by atoms with E-state index in [9.17, 15) is 14.4 Å². The van der Waals surface area contributed by atoms with Gasteiger partial charge in [-0.2, -0.15) is 0 Å². The summed E-state index contributed by atoms with van der Waals surface area (Å²) < 4.78 is 5.38. The molecule has 0 spiro atoms. The van der Waals surface area contributed by atoms with E-state index in [4.69, 9.17) is 4.74 Å². The molecule has 0 radical (unpaired) electrons. The Labute approximate surface area is 161 Å². The molecule has 1 saturated heterocycles. The number of carbonyl (C=O) groups is 3.